The van der Waals surface area contributed by atoms with Gasteiger partial charge in [-0.05, 0) is 31.1 Å². The number of rotatable bonds is 1. The largest absolute Gasteiger partial charge is 0.353 e. The molecular weight excluding hydrogens is 138 g/mol. The summed E-state index contributed by atoms with van der Waals surface area (Å²) < 4.78 is 0. The highest BCUT2D eigenvalue weighted by atomic mass is 16.1. The zero-order valence-corrected chi connectivity index (χ0v) is 6.97. The maximum atomic E-state index is 10.8. The van der Waals surface area contributed by atoms with Gasteiger partial charge >= 0.3 is 0 Å². The monoisotopic (exact) mass is 153 g/mol. The molecule has 0 unspecified atom stereocenters. The van der Waals surface area contributed by atoms with Crippen molar-refractivity contribution in [1.82, 2.24) is 5.32 Å². The maximum Gasteiger partial charge on any atom is 0.217 e. The van der Waals surface area contributed by atoms with Crippen molar-refractivity contribution in [1.29, 1.82) is 0 Å². The Labute approximate surface area is 67.4 Å². The molecule has 2 heteroatoms. The minimum absolute atomic E-state index is 0.141. The van der Waals surface area contributed by atoms with Crippen LogP contribution in [0.15, 0.2) is 0 Å². The van der Waals surface area contributed by atoms with E-state index in [1.807, 2.05) is 0 Å². The number of hydrogen-bond acceptors (Lipinski definition) is 1. The molecule has 2 rings (SSSR count). The van der Waals surface area contributed by atoms with Gasteiger partial charge in [0, 0.05) is 13.0 Å². The Kier molecular flexibility index (Phi) is 1.63. The van der Waals surface area contributed by atoms with E-state index in [0.29, 0.717) is 6.04 Å². The smallest absolute Gasteiger partial charge is 0.217 e. The Morgan fingerprint density at radius 2 is 2.18 bits per heavy atom. The lowest BCUT2D eigenvalue weighted by molar-refractivity contribution is -0.120. The van der Waals surface area contributed by atoms with Crippen LogP contribution >= 0.6 is 0 Å². The Balaban J connectivity index is 1.92. The summed E-state index contributed by atoms with van der Waals surface area (Å²) in [5, 5.41) is 3.03. The van der Waals surface area contributed by atoms with Crippen LogP contribution < -0.4 is 5.32 Å². The lowest BCUT2D eigenvalue weighted by Crippen LogP contribution is -2.36. The highest BCUT2D eigenvalue weighted by Gasteiger charge is 2.39. The Morgan fingerprint density at radius 3 is 2.64 bits per heavy atom. The maximum absolute atomic E-state index is 10.8. The van der Waals surface area contributed by atoms with E-state index in [4.69, 9.17) is 0 Å². The predicted octanol–water partition coefficient (Wildman–Crippen LogP) is 1.31. The quantitative estimate of drug-likeness (QED) is 0.604. The molecule has 2 fully saturated rings. The van der Waals surface area contributed by atoms with Crippen LogP contribution in [0.5, 0.6) is 0 Å². The van der Waals surface area contributed by atoms with Crippen LogP contribution in [0.1, 0.15) is 32.6 Å². The van der Waals surface area contributed by atoms with E-state index in [-0.39, 0.29) is 5.91 Å². The second kappa shape index (κ2) is 2.50. The molecule has 0 aliphatic heterocycles. The average molecular weight is 153 g/mol. The molecule has 11 heavy (non-hydrogen) atoms. The molecule has 62 valence electrons. The first-order valence-electron chi connectivity index (χ1n) is 4.53. The fourth-order valence-electron chi connectivity index (χ4n) is 2.68. The molecule has 0 spiro atoms. The SMILES string of the molecule is CC(=O)N[C@@H]1C[C@H]2CC[C@H]1C2. The molecular formula is C9H15NO. The van der Waals surface area contributed by atoms with E-state index in [1.54, 1.807) is 6.92 Å². The minimum atomic E-state index is 0.141. The number of hydrogen-bond donors (Lipinski definition) is 1. The standard InChI is InChI=1S/C9H15NO/c1-6(11)10-9-5-7-2-3-8(9)4-7/h7-9H,2-5H2,1H3,(H,10,11)/t7-,8-,9+/m0/s1. The van der Waals surface area contributed by atoms with Crippen LogP contribution in [-0.2, 0) is 4.79 Å². The summed E-state index contributed by atoms with van der Waals surface area (Å²) >= 11 is 0. The first kappa shape index (κ1) is 7.14. The summed E-state index contributed by atoms with van der Waals surface area (Å²) in [6.45, 7) is 1.62. The van der Waals surface area contributed by atoms with Crippen LogP contribution in [0, 0.1) is 11.8 Å². The number of nitrogens with one attached hydrogen (secondary N) is 1. The Bertz CT molecular complexity index is 178. The molecule has 0 aromatic rings. The van der Waals surface area contributed by atoms with Gasteiger partial charge in [-0.1, -0.05) is 6.42 Å². The lowest BCUT2D eigenvalue weighted by atomic mass is 9.95. The van der Waals surface area contributed by atoms with Gasteiger partial charge in [0.15, 0.2) is 0 Å². The van der Waals surface area contributed by atoms with E-state index in [2.05, 4.69) is 5.32 Å². The van der Waals surface area contributed by atoms with Crippen molar-refractivity contribution in [2.24, 2.45) is 11.8 Å². The van der Waals surface area contributed by atoms with Gasteiger partial charge in [0.25, 0.3) is 0 Å². The number of amides is 1. The van der Waals surface area contributed by atoms with Gasteiger partial charge in [0.2, 0.25) is 5.91 Å². The zero-order chi connectivity index (χ0) is 7.84. The van der Waals surface area contributed by atoms with Gasteiger partial charge in [0.05, 0.1) is 0 Å². The van der Waals surface area contributed by atoms with Gasteiger partial charge < -0.3 is 5.32 Å². The van der Waals surface area contributed by atoms with Gasteiger partial charge in [-0.2, -0.15) is 0 Å². The normalized spacial score (nSPS) is 41.0. The van der Waals surface area contributed by atoms with Crippen molar-refractivity contribution in [3.63, 3.8) is 0 Å². The predicted molar refractivity (Wildman–Crippen MR) is 43.1 cm³/mol. The summed E-state index contributed by atoms with van der Waals surface area (Å²) in [4.78, 5) is 10.8. The molecule has 2 aliphatic rings. The molecule has 2 saturated carbocycles. The number of fused-ring (bicyclic) bond motifs is 2. The van der Waals surface area contributed by atoms with Crippen molar-refractivity contribution < 1.29 is 4.79 Å². The van der Waals surface area contributed by atoms with Crippen LogP contribution in [0.25, 0.3) is 0 Å². The summed E-state index contributed by atoms with van der Waals surface area (Å²) in [6, 6.07) is 0.520. The summed E-state index contributed by atoms with van der Waals surface area (Å²) in [5.74, 6) is 1.88. The molecule has 0 saturated heterocycles. The number of carbonyl (C=O) groups excluding carboxylic acids is 1. The molecule has 1 N–H and O–H groups in total. The Hall–Kier alpha value is -0.530. The average Bonchev–Trinajstić information content (AvgIpc) is 2.45. The molecule has 0 aromatic carbocycles. The van der Waals surface area contributed by atoms with E-state index in [0.717, 1.165) is 11.8 Å². The van der Waals surface area contributed by atoms with Crippen LogP contribution in [0.3, 0.4) is 0 Å². The third-order valence-corrected chi connectivity index (χ3v) is 3.13. The van der Waals surface area contributed by atoms with Crippen molar-refractivity contribution in [2.45, 2.75) is 38.6 Å². The van der Waals surface area contributed by atoms with Crippen LogP contribution in [0.4, 0.5) is 0 Å². The Morgan fingerprint density at radius 1 is 1.36 bits per heavy atom. The molecule has 0 aromatic heterocycles. The van der Waals surface area contributed by atoms with E-state index in [9.17, 15) is 4.79 Å². The topological polar surface area (TPSA) is 29.1 Å². The first-order chi connectivity index (χ1) is 5.25. The molecule has 2 bridgehead atoms. The second-order valence-electron chi connectivity index (χ2n) is 3.98. The third-order valence-electron chi connectivity index (χ3n) is 3.13. The molecule has 0 heterocycles. The molecule has 3 atom stereocenters. The van der Waals surface area contributed by atoms with E-state index >= 15 is 0 Å². The third kappa shape index (κ3) is 1.26. The highest BCUT2D eigenvalue weighted by molar-refractivity contribution is 5.73. The van der Waals surface area contributed by atoms with Crippen LogP contribution in [0.2, 0.25) is 0 Å². The van der Waals surface area contributed by atoms with Gasteiger partial charge in [-0.15, -0.1) is 0 Å². The fourth-order valence-corrected chi connectivity index (χ4v) is 2.68. The van der Waals surface area contributed by atoms with Gasteiger partial charge in [-0.25, -0.2) is 0 Å². The lowest BCUT2D eigenvalue weighted by Gasteiger charge is -2.21. The fraction of sp³-hybridized carbons (Fsp3) is 0.889. The van der Waals surface area contributed by atoms with Crippen molar-refractivity contribution >= 4 is 5.91 Å². The molecule has 2 aliphatic carbocycles. The highest BCUT2D eigenvalue weighted by Crippen LogP contribution is 2.44. The van der Waals surface area contributed by atoms with E-state index < -0.39 is 0 Å². The van der Waals surface area contributed by atoms with Crippen molar-refractivity contribution in [2.75, 3.05) is 0 Å². The van der Waals surface area contributed by atoms with Gasteiger partial charge in [0.1, 0.15) is 0 Å². The van der Waals surface area contributed by atoms with Gasteiger partial charge in [-0.3, -0.25) is 4.79 Å². The molecule has 0 radical (unpaired) electrons. The first-order valence-corrected chi connectivity index (χ1v) is 4.53. The van der Waals surface area contributed by atoms with Crippen LogP contribution in [-0.4, -0.2) is 11.9 Å². The van der Waals surface area contributed by atoms with Crippen molar-refractivity contribution in [3.8, 4) is 0 Å². The minimum Gasteiger partial charge on any atom is -0.353 e. The van der Waals surface area contributed by atoms with E-state index in [1.165, 1.54) is 25.7 Å². The summed E-state index contributed by atoms with van der Waals surface area (Å²) in [5.41, 5.74) is 0. The molecule has 1 amide bonds. The van der Waals surface area contributed by atoms with Crippen molar-refractivity contribution in [3.05, 3.63) is 0 Å². The summed E-state index contributed by atoms with van der Waals surface area (Å²) in [7, 11) is 0. The number of carbonyl (C=O) groups is 1. The summed E-state index contributed by atoms with van der Waals surface area (Å²) in [6.07, 6.45) is 5.35. The zero-order valence-electron chi connectivity index (χ0n) is 6.97. The second-order valence-corrected chi connectivity index (χ2v) is 3.98. The molecule has 2 nitrogen and oxygen atoms in total.